The molecule has 0 saturated heterocycles. The van der Waals surface area contributed by atoms with Crippen LogP contribution in [0.3, 0.4) is 0 Å². The fourth-order valence-corrected chi connectivity index (χ4v) is 4.16. The van der Waals surface area contributed by atoms with Gasteiger partial charge in [0, 0.05) is 15.4 Å². The van der Waals surface area contributed by atoms with Gasteiger partial charge in [-0.1, -0.05) is 19.8 Å². The zero-order valence-electron chi connectivity index (χ0n) is 8.37. The van der Waals surface area contributed by atoms with E-state index in [-0.39, 0.29) is 6.04 Å². The first-order valence-corrected chi connectivity index (χ1v) is 6.86. The van der Waals surface area contributed by atoms with Gasteiger partial charge in [0.15, 0.2) is 0 Å². The smallest absolute Gasteiger partial charge is 0.0432 e. The van der Waals surface area contributed by atoms with Gasteiger partial charge < -0.3 is 5.73 Å². The molecule has 2 N–H and O–H groups in total. The van der Waals surface area contributed by atoms with Crippen molar-refractivity contribution in [3.63, 3.8) is 0 Å². The highest BCUT2D eigenvalue weighted by atomic mass is 79.9. The van der Waals surface area contributed by atoms with Crippen molar-refractivity contribution in [1.29, 1.82) is 0 Å². The summed E-state index contributed by atoms with van der Waals surface area (Å²) in [5.41, 5.74) is 6.32. The molecule has 3 heteroatoms. The second-order valence-corrected chi connectivity index (χ2v) is 6.03. The van der Waals surface area contributed by atoms with Gasteiger partial charge in [0.1, 0.15) is 0 Å². The fraction of sp³-hybridized carbons (Fsp3) is 0.636. The Balaban J connectivity index is 2.15. The maximum atomic E-state index is 6.32. The first-order chi connectivity index (χ1) is 6.70. The lowest BCUT2D eigenvalue weighted by atomic mass is 9.90. The molecule has 1 fully saturated rings. The van der Waals surface area contributed by atoms with Gasteiger partial charge in [0.25, 0.3) is 0 Å². The second kappa shape index (κ2) is 4.33. The average Bonchev–Trinajstić information content (AvgIpc) is 2.73. The van der Waals surface area contributed by atoms with E-state index >= 15 is 0 Å². The molecule has 0 amide bonds. The maximum Gasteiger partial charge on any atom is 0.0432 e. The Bertz CT molecular complexity index is 310. The van der Waals surface area contributed by atoms with Crippen molar-refractivity contribution in [2.24, 2.45) is 17.6 Å². The van der Waals surface area contributed by atoms with E-state index in [1.165, 1.54) is 28.6 Å². The van der Waals surface area contributed by atoms with E-state index in [0.717, 1.165) is 5.92 Å². The van der Waals surface area contributed by atoms with E-state index in [1.807, 2.05) is 0 Å². The van der Waals surface area contributed by atoms with Gasteiger partial charge in [-0.15, -0.1) is 11.3 Å². The molecule has 1 aliphatic rings. The van der Waals surface area contributed by atoms with Crippen LogP contribution in [0, 0.1) is 11.8 Å². The minimum absolute atomic E-state index is 0.238. The van der Waals surface area contributed by atoms with E-state index in [2.05, 4.69) is 34.3 Å². The fourth-order valence-electron chi connectivity index (χ4n) is 2.45. The summed E-state index contributed by atoms with van der Waals surface area (Å²) >= 11 is 5.34. The van der Waals surface area contributed by atoms with E-state index in [9.17, 15) is 0 Å². The number of thiophene rings is 1. The summed E-state index contributed by atoms with van der Waals surface area (Å²) in [7, 11) is 0. The zero-order chi connectivity index (χ0) is 10.1. The molecule has 3 atom stereocenters. The summed E-state index contributed by atoms with van der Waals surface area (Å²) in [4.78, 5) is 1.32. The first kappa shape index (κ1) is 10.7. The molecule has 1 heterocycles. The molecule has 1 aromatic heterocycles. The number of halogens is 1. The summed E-state index contributed by atoms with van der Waals surface area (Å²) in [6.07, 6.45) is 4.00. The van der Waals surface area contributed by atoms with Crippen molar-refractivity contribution in [3.05, 3.63) is 20.8 Å². The quantitative estimate of drug-likeness (QED) is 0.868. The number of hydrogen-bond acceptors (Lipinski definition) is 2. The highest BCUT2D eigenvalue weighted by Crippen LogP contribution is 2.42. The van der Waals surface area contributed by atoms with E-state index in [4.69, 9.17) is 5.73 Å². The highest BCUT2D eigenvalue weighted by molar-refractivity contribution is 9.10. The third-order valence-electron chi connectivity index (χ3n) is 3.34. The molecule has 1 nitrogen and oxygen atoms in total. The third-order valence-corrected chi connectivity index (χ3v) is 5.31. The van der Waals surface area contributed by atoms with Crippen molar-refractivity contribution >= 4 is 27.3 Å². The van der Waals surface area contributed by atoms with Crippen LogP contribution in [0.4, 0.5) is 0 Å². The molecular weight excluding hydrogens is 258 g/mol. The van der Waals surface area contributed by atoms with Crippen LogP contribution in [-0.2, 0) is 0 Å². The molecule has 1 aliphatic carbocycles. The van der Waals surface area contributed by atoms with E-state index in [1.54, 1.807) is 11.3 Å². The lowest BCUT2D eigenvalue weighted by Crippen LogP contribution is -2.22. The Morgan fingerprint density at radius 2 is 2.36 bits per heavy atom. The Kier molecular flexibility index (Phi) is 3.30. The van der Waals surface area contributed by atoms with Crippen molar-refractivity contribution in [2.75, 3.05) is 0 Å². The summed E-state index contributed by atoms with van der Waals surface area (Å²) in [6.45, 7) is 2.33. The third kappa shape index (κ3) is 1.90. The lowest BCUT2D eigenvalue weighted by molar-refractivity contribution is 0.354. The SMILES string of the molecule is CC1CCCC1C(N)c1sccc1Br. The van der Waals surface area contributed by atoms with Gasteiger partial charge in [0.05, 0.1) is 0 Å². The molecule has 0 aromatic carbocycles. The number of rotatable bonds is 2. The zero-order valence-corrected chi connectivity index (χ0v) is 10.8. The van der Waals surface area contributed by atoms with Crippen LogP contribution in [0.1, 0.15) is 37.1 Å². The molecule has 0 bridgehead atoms. The van der Waals surface area contributed by atoms with Gasteiger partial charge >= 0.3 is 0 Å². The van der Waals surface area contributed by atoms with Crippen LogP contribution >= 0.6 is 27.3 Å². The van der Waals surface area contributed by atoms with E-state index < -0.39 is 0 Å². The molecule has 1 saturated carbocycles. The lowest BCUT2D eigenvalue weighted by Gasteiger charge is -2.22. The predicted octanol–water partition coefficient (Wildman–Crippen LogP) is 3.95. The summed E-state index contributed by atoms with van der Waals surface area (Å²) in [5, 5.41) is 2.11. The highest BCUT2D eigenvalue weighted by Gasteiger charge is 2.30. The Morgan fingerprint density at radius 3 is 2.86 bits per heavy atom. The molecule has 2 rings (SSSR count). The number of hydrogen-bond donors (Lipinski definition) is 1. The standard InChI is InChI=1S/C11H16BrNS/c1-7-3-2-4-8(7)10(13)11-9(12)5-6-14-11/h5-8,10H,2-4,13H2,1H3. The van der Waals surface area contributed by atoms with Gasteiger partial charge in [-0.25, -0.2) is 0 Å². The molecule has 0 aliphatic heterocycles. The van der Waals surface area contributed by atoms with Gasteiger partial charge in [-0.05, 0) is 45.6 Å². The van der Waals surface area contributed by atoms with Crippen LogP contribution < -0.4 is 5.73 Å². The topological polar surface area (TPSA) is 26.0 Å². The minimum atomic E-state index is 0.238. The molecular formula is C11H16BrNS. The van der Waals surface area contributed by atoms with Crippen LogP contribution in [0.15, 0.2) is 15.9 Å². The number of nitrogens with two attached hydrogens (primary N) is 1. The average molecular weight is 274 g/mol. The van der Waals surface area contributed by atoms with Crippen LogP contribution in [0.25, 0.3) is 0 Å². The van der Waals surface area contributed by atoms with Crippen LogP contribution in [-0.4, -0.2) is 0 Å². The largest absolute Gasteiger partial charge is 0.323 e. The van der Waals surface area contributed by atoms with Crippen molar-refractivity contribution in [3.8, 4) is 0 Å². The summed E-state index contributed by atoms with van der Waals surface area (Å²) in [6, 6.07) is 2.33. The van der Waals surface area contributed by atoms with Gasteiger partial charge in [-0.2, -0.15) is 0 Å². The van der Waals surface area contributed by atoms with Crippen LogP contribution in [0.2, 0.25) is 0 Å². The normalized spacial score (nSPS) is 29.4. The maximum absolute atomic E-state index is 6.32. The molecule has 78 valence electrons. The van der Waals surface area contributed by atoms with Crippen molar-refractivity contribution < 1.29 is 0 Å². The molecule has 0 radical (unpaired) electrons. The molecule has 1 aromatic rings. The van der Waals surface area contributed by atoms with Crippen LogP contribution in [0.5, 0.6) is 0 Å². The van der Waals surface area contributed by atoms with Crippen molar-refractivity contribution in [2.45, 2.75) is 32.2 Å². The monoisotopic (exact) mass is 273 g/mol. The van der Waals surface area contributed by atoms with Gasteiger partial charge in [0.2, 0.25) is 0 Å². The minimum Gasteiger partial charge on any atom is -0.323 e. The Hall–Kier alpha value is 0.140. The van der Waals surface area contributed by atoms with Gasteiger partial charge in [-0.3, -0.25) is 0 Å². The summed E-state index contributed by atoms with van der Waals surface area (Å²) in [5.74, 6) is 1.48. The molecule has 14 heavy (non-hydrogen) atoms. The molecule has 3 unspecified atom stereocenters. The second-order valence-electron chi connectivity index (χ2n) is 4.23. The first-order valence-electron chi connectivity index (χ1n) is 5.18. The van der Waals surface area contributed by atoms with Crippen molar-refractivity contribution in [1.82, 2.24) is 0 Å². The van der Waals surface area contributed by atoms with E-state index in [0.29, 0.717) is 5.92 Å². The Morgan fingerprint density at radius 1 is 1.57 bits per heavy atom. The summed E-state index contributed by atoms with van der Waals surface area (Å²) < 4.78 is 1.19. The predicted molar refractivity (Wildman–Crippen MR) is 65.5 cm³/mol. The molecule has 0 spiro atoms. The Labute approximate surface area is 97.8 Å².